The van der Waals surface area contributed by atoms with Crippen molar-refractivity contribution in [3.05, 3.63) is 29.8 Å². The average Bonchev–Trinajstić information content (AvgIpc) is 2.67. The smallest absolute Gasteiger partial charge is 0.254 e. The third kappa shape index (κ3) is 4.14. The first-order valence-electron chi connectivity index (χ1n) is 9.43. The summed E-state index contributed by atoms with van der Waals surface area (Å²) in [7, 11) is 1.62. The number of rotatable bonds is 2. The first-order chi connectivity index (χ1) is 12.2. The van der Waals surface area contributed by atoms with Crippen LogP contribution in [0.15, 0.2) is 24.3 Å². The Morgan fingerprint density at radius 1 is 1.08 bits per heavy atom. The number of hydrogen-bond acceptors (Lipinski definition) is 3. The summed E-state index contributed by atoms with van der Waals surface area (Å²) in [5.74, 6) is 0.827. The molecule has 1 heterocycles. The van der Waals surface area contributed by atoms with Gasteiger partial charge in [0.1, 0.15) is 5.75 Å². The molecule has 2 aliphatic rings. The van der Waals surface area contributed by atoms with Gasteiger partial charge in [-0.3, -0.25) is 9.59 Å². The van der Waals surface area contributed by atoms with E-state index >= 15 is 0 Å². The number of hydrogen-bond donors (Lipinski definition) is 1. The molecule has 5 heteroatoms. The fourth-order valence-corrected chi connectivity index (χ4v) is 4.03. The molecule has 136 valence electrons. The minimum Gasteiger partial charge on any atom is -0.497 e. The highest BCUT2D eigenvalue weighted by atomic mass is 16.5. The zero-order valence-electron chi connectivity index (χ0n) is 15.0. The Morgan fingerprint density at radius 2 is 1.84 bits per heavy atom. The Bertz CT molecular complexity index is 599. The van der Waals surface area contributed by atoms with E-state index in [9.17, 15) is 9.59 Å². The predicted octanol–water partition coefficient (Wildman–Crippen LogP) is 3.00. The van der Waals surface area contributed by atoms with E-state index in [1.54, 1.807) is 7.11 Å². The molecule has 1 saturated carbocycles. The van der Waals surface area contributed by atoms with E-state index < -0.39 is 0 Å². The van der Waals surface area contributed by atoms with Gasteiger partial charge in [-0.2, -0.15) is 0 Å². The Hall–Kier alpha value is -2.04. The van der Waals surface area contributed by atoms with Crippen LogP contribution < -0.4 is 10.1 Å². The molecule has 1 aromatic rings. The molecule has 1 aliphatic heterocycles. The first kappa shape index (κ1) is 17.8. The SMILES string of the molecule is COc1ccc(C(=O)N2CCCCCNC(=O)[C@@H]3CCCC[C@@H]32)cc1. The first-order valence-corrected chi connectivity index (χ1v) is 9.43. The van der Waals surface area contributed by atoms with E-state index in [0.717, 1.165) is 63.8 Å². The van der Waals surface area contributed by atoms with E-state index in [1.807, 2.05) is 29.2 Å². The van der Waals surface area contributed by atoms with Crippen molar-refractivity contribution in [3.63, 3.8) is 0 Å². The van der Waals surface area contributed by atoms with Crippen molar-refractivity contribution < 1.29 is 14.3 Å². The number of nitrogens with one attached hydrogen (secondary N) is 1. The van der Waals surface area contributed by atoms with Crippen LogP contribution in [0.2, 0.25) is 0 Å². The van der Waals surface area contributed by atoms with Gasteiger partial charge >= 0.3 is 0 Å². The summed E-state index contributed by atoms with van der Waals surface area (Å²) in [4.78, 5) is 27.7. The molecule has 2 amide bonds. The number of nitrogens with zero attached hydrogens (tertiary/aromatic N) is 1. The van der Waals surface area contributed by atoms with Crippen LogP contribution in [-0.2, 0) is 4.79 Å². The Labute approximate surface area is 149 Å². The van der Waals surface area contributed by atoms with Gasteiger partial charge in [-0.05, 0) is 56.4 Å². The molecule has 0 radical (unpaired) electrons. The van der Waals surface area contributed by atoms with E-state index in [4.69, 9.17) is 4.74 Å². The minimum absolute atomic E-state index is 0.0152. The molecular weight excluding hydrogens is 316 g/mol. The van der Waals surface area contributed by atoms with E-state index in [2.05, 4.69) is 5.32 Å². The molecule has 0 unspecified atom stereocenters. The van der Waals surface area contributed by atoms with E-state index in [0.29, 0.717) is 5.56 Å². The van der Waals surface area contributed by atoms with Crippen molar-refractivity contribution in [2.45, 2.75) is 51.0 Å². The normalized spacial score (nSPS) is 24.8. The third-order valence-corrected chi connectivity index (χ3v) is 5.44. The maximum absolute atomic E-state index is 13.2. The molecule has 0 spiro atoms. The van der Waals surface area contributed by atoms with Crippen LogP contribution in [0.1, 0.15) is 55.3 Å². The molecule has 25 heavy (non-hydrogen) atoms. The van der Waals surface area contributed by atoms with Crippen LogP contribution in [0.25, 0.3) is 0 Å². The summed E-state index contributed by atoms with van der Waals surface area (Å²) < 4.78 is 5.18. The molecule has 1 N–H and O–H groups in total. The topological polar surface area (TPSA) is 58.6 Å². The molecule has 2 fully saturated rings. The summed E-state index contributed by atoms with van der Waals surface area (Å²) in [5.41, 5.74) is 0.669. The predicted molar refractivity (Wildman–Crippen MR) is 96.6 cm³/mol. The van der Waals surface area contributed by atoms with Gasteiger partial charge in [-0.25, -0.2) is 0 Å². The molecule has 1 aliphatic carbocycles. The summed E-state index contributed by atoms with van der Waals surface area (Å²) in [5, 5.41) is 3.07. The standard InChI is InChI=1S/C20H28N2O3/c1-25-16-11-9-15(10-12-16)20(24)22-14-6-2-5-13-21-19(23)17-7-3-4-8-18(17)22/h9-12,17-18H,2-8,13-14H2,1H3,(H,21,23)/t17-,18+/m1/s1. The Morgan fingerprint density at radius 3 is 2.60 bits per heavy atom. The number of ether oxygens (including phenoxy) is 1. The Kier molecular flexibility index (Phi) is 5.95. The van der Waals surface area contributed by atoms with Gasteiger partial charge in [-0.1, -0.05) is 12.8 Å². The van der Waals surface area contributed by atoms with Crippen molar-refractivity contribution in [1.29, 1.82) is 0 Å². The number of carbonyl (C=O) groups is 2. The monoisotopic (exact) mass is 344 g/mol. The minimum atomic E-state index is -0.0750. The highest BCUT2D eigenvalue weighted by Crippen LogP contribution is 2.31. The van der Waals surface area contributed by atoms with Crippen molar-refractivity contribution >= 4 is 11.8 Å². The quantitative estimate of drug-likeness (QED) is 0.897. The number of fused-ring (bicyclic) bond motifs is 1. The largest absolute Gasteiger partial charge is 0.497 e. The van der Waals surface area contributed by atoms with Crippen LogP contribution >= 0.6 is 0 Å². The zero-order chi connectivity index (χ0) is 17.6. The summed E-state index contributed by atoms with van der Waals surface area (Å²) >= 11 is 0. The van der Waals surface area contributed by atoms with Crippen molar-refractivity contribution in [2.75, 3.05) is 20.2 Å². The van der Waals surface area contributed by atoms with Gasteiger partial charge in [0.05, 0.1) is 13.0 Å². The highest BCUT2D eigenvalue weighted by molar-refractivity contribution is 5.95. The van der Waals surface area contributed by atoms with Gasteiger partial charge in [0, 0.05) is 24.7 Å². The molecule has 1 aromatic carbocycles. The molecule has 0 aromatic heterocycles. The van der Waals surface area contributed by atoms with E-state index in [1.165, 1.54) is 0 Å². The maximum Gasteiger partial charge on any atom is 0.254 e. The fraction of sp³-hybridized carbons (Fsp3) is 0.600. The lowest BCUT2D eigenvalue weighted by Gasteiger charge is -2.40. The zero-order valence-corrected chi connectivity index (χ0v) is 15.0. The molecule has 1 saturated heterocycles. The van der Waals surface area contributed by atoms with Crippen LogP contribution in [-0.4, -0.2) is 43.0 Å². The summed E-state index contributed by atoms with van der Waals surface area (Å²) in [6.07, 6.45) is 6.95. The van der Waals surface area contributed by atoms with Crippen molar-refractivity contribution in [1.82, 2.24) is 10.2 Å². The average molecular weight is 344 g/mol. The number of methoxy groups -OCH3 is 1. The molecule has 0 bridgehead atoms. The lowest BCUT2D eigenvalue weighted by atomic mass is 9.82. The van der Waals surface area contributed by atoms with Crippen LogP contribution in [0, 0.1) is 5.92 Å². The number of benzene rings is 1. The summed E-state index contributed by atoms with van der Waals surface area (Å²) in [6.45, 7) is 1.49. The van der Waals surface area contributed by atoms with Crippen LogP contribution in [0.3, 0.4) is 0 Å². The molecule has 5 nitrogen and oxygen atoms in total. The fourth-order valence-electron chi connectivity index (χ4n) is 4.03. The summed E-state index contributed by atoms with van der Waals surface area (Å²) in [6, 6.07) is 7.29. The second kappa shape index (κ2) is 8.37. The van der Waals surface area contributed by atoms with Crippen molar-refractivity contribution in [2.24, 2.45) is 5.92 Å². The van der Waals surface area contributed by atoms with Gasteiger partial charge in [0.25, 0.3) is 5.91 Å². The van der Waals surface area contributed by atoms with Gasteiger partial charge in [0.15, 0.2) is 0 Å². The van der Waals surface area contributed by atoms with Crippen LogP contribution in [0.4, 0.5) is 0 Å². The molecular formula is C20H28N2O3. The van der Waals surface area contributed by atoms with Gasteiger partial charge in [0.2, 0.25) is 5.91 Å². The molecule has 3 rings (SSSR count). The third-order valence-electron chi connectivity index (χ3n) is 5.44. The number of carbonyl (C=O) groups excluding carboxylic acids is 2. The maximum atomic E-state index is 13.2. The second-order valence-electron chi connectivity index (χ2n) is 7.04. The van der Waals surface area contributed by atoms with E-state index in [-0.39, 0.29) is 23.8 Å². The van der Waals surface area contributed by atoms with Gasteiger partial charge < -0.3 is 15.0 Å². The number of amides is 2. The lowest BCUT2D eigenvalue weighted by molar-refractivity contribution is -0.128. The second-order valence-corrected chi connectivity index (χ2v) is 7.04. The van der Waals surface area contributed by atoms with Crippen molar-refractivity contribution in [3.8, 4) is 5.75 Å². The Balaban J connectivity index is 1.85. The molecule has 2 atom stereocenters. The van der Waals surface area contributed by atoms with Crippen LogP contribution in [0.5, 0.6) is 5.75 Å². The lowest BCUT2D eigenvalue weighted by Crippen LogP contribution is -2.51. The highest BCUT2D eigenvalue weighted by Gasteiger charge is 2.37. The van der Waals surface area contributed by atoms with Gasteiger partial charge in [-0.15, -0.1) is 0 Å².